The quantitative estimate of drug-likeness (QED) is 0.681. The number of hydrogen-bond donors (Lipinski definition) is 1. The Morgan fingerprint density at radius 3 is 2.93 bits per heavy atom. The predicted octanol–water partition coefficient (Wildman–Crippen LogP) is 4.26. The van der Waals surface area contributed by atoms with Gasteiger partial charge in [0.15, 0.2) is 11.6 Å². The first-order valence-electron chi connectivity index (χ1n) is 10.2. The Hall–Kier alpha value is -3.16. The predicted molar refractivity (Wildman–Crippen MR) is 113 cm³/mol. The van der Waals surface area contributed by atoms with Crippen molar-refractivity contribution < 1.29 is 13.9 Å². The van der Waals surface area contributed by atoms with Gasteiger partial charge in [0.1, 0.15) is 5.82 Å². The number of nitrogens with one attached hydrogen (secondary N) is 1. The van der Waals surface area contributed by atoms with Crippen molar-refractivity contribution in [3.8, 4) is 5.75 Å². The Bertz CT molecular complexity index is 1060. The fourth-order valence-electron chi connectivity index (χ4n) is 3.96. The van der Waals surface area contributed by atoms with Crippen LogP contribution in [-0.4, -0.2) is 45.7 Å². The van der Waals surface area contributed by atoms with Crippen LogP contribution < -0.4 is 10.1 Å². The van der Waals surface area contributed by atoms with Crippen molar-refractivity contribution in [3.05, 3.63) is 48.3 Å². The van der Waals surface area contributed by atoms with Crippen molar-refractivity contribution in [2.45, 2.75) is 32.7 Å². The summed E-state index contributed by atoms with van der Waals surface area (Å²) in [6.07, 6.45) is 4.44. The van der Waals surface area contributed by atoms with Gasteiger partial charge in [0.05, 0.1) is 24.3 Å². The molecular formula is C22H26FN5O2. The Balaban J connectivity index is 1.50. The molecule has 1 N–H and O–H groups in total. The molecule has 8 heteroatoms. The van der Waals surface area contributed by atoms with Gasteiger partial charge in [-0.3, -0.25) is 4.98 Å². The van der Waals surface area contributed by atoms with E-state index < -0.39 is 5.82 Å². The summed E-state index contributed by atoms with van der Waals surface area (Å²) in [6, 6.07) is 6.07. The van der Waals surface area contributed by atoms with E-state index in [4.69, 9.17) is 9.72 Å². The molecule has 0 bridgehead atoms. The lowest BCUT2D eigenvalue weighted by atomic mass is 10.1. The molecular weight excluding hydrogens is 385 g/mol. The zero-order valence-corrected chi connectivity index (χ0v) is 17.4. The number of carbonyl (C=O) groups is 1. The van der Waals surface area contributed by atoms with Crippen molar-refractivity contribution in [2.75, 3.05) is 25.5 Å². The highest BCUT2D eigenvalue weighted by Crippen LogP contribution is 2.30. The molecule has 1 unspecified atom stereocenters. The smallest absolute Gasteiger partial charge is 0.321 e. The fourth-order valence-corrected chi connectivity index (χ4v) is 3.96. The zero-order valence-electron chi connectivity index (χ0n) is 17.4. The van der Waals surface area contributed by atoms with E-state index in [1.807, 2.05) is 12.3 Å². The van der Waals surface area contributed by atoms with Crippen LogP contribution >= 0.6 is 0 Å². The largest absolute Gasteiger partial charge is 0.494 e. The van der Waals surface area contributed by atoms with E-state index >= 15 is 0 Å². The van der Waals surface area contributed by atoms with E-state index in [-0.39, 0.29) is 17.7 Å². The number of imidazole rings is 1. The minimum absolute atomic E-state index is 0.146. The Labute approximate surface area is 174 Å². The zero-order chi connectivity index (χ0) is 21.3. The van der Waals surface area contributed by atoms with Gasteiger partial charge in [-0.25, -0.2) is 14.2 Å². The number of fused-ring (bicyclic) bond motifs is 1. The maximum absolute atomic E-state index is 13.9. The molecule has 2 aromatic heterocycles. The standard InChI is InChI=1S/C22H26FN5O2/c1-14(2)12-28-19-11-24-8-6-18(19)26-21(28)15-7-9-27(13-15)22(29)25-16-4-5-20(30-3)17(23)10-16/h4-6,8,10-11,14-15H,7,9,12-13H2,1-3H3,(H,25,29). The molecule has 0 spiro atoms. The molecule has 1 saturated heterocycles. The molecule has 0 radical (unpaired) electrons. The van der Waals surface area contributed by atoms with Crippen molar-refractivity contribution in [1.82, 2.24) is 19.4 Å². The molecule has 0 saturated carbocycles. The molecule has 7 nitrogen and oxygen atoms in total. The number of methoxy groups -OCH3 is 1. The summed E-state index contributed by atoms with van der Waals surface area (Å²) < 4.78 is 21.1. The van der Waals surface area contributed by atoms with Crippen LogP contribution in [0.15, 0.2) is 36.7 Å². The van der Waals surface area contributed by atoms with Gasteiger partial charge in [-0.05, 0) is 30.5 Å². The molecule has 1 atom stereocenters. The van der Waals surface area contributed by atoms with E-state index in [0.717, 1.165) is 29.8 Å². The highest BCUT2D eigenvalue weighted by Gasteiger charge is 2.31. The van der Waals surface area contributed by atoms with E-state index in [2.05, 4.69) is 28.7 Å². The lowest BCUT2D eigenvalue weighted by molar-refractivity contribution is 0.222. The topological polar surface area (TPSA) is 72.3 Å². The van der Waals surface area contributed by atoms with Crippen LogP contribution in [0.1, 0.15) is 32.0 Å². The van der Waals surface area contributed by atoms with E-state index in [1.165, 1.54) is 19.2 Å². The number of hydrogen-bond acceptors (Lipinski definition) is 4. The highest BCUT2D eigenvalue weighted by atomic mass is 19.1. The number of halogens is 1. The molecule has 1 fully saturated rings. The van der Waals surface area contributed by atoms with E-state index in [9.17, 15) is 9.18 Å². The van der Waals surface area contributed by atoms with E-state index in [1.54, 1.807) is 17.2 Å². The van der Waals surface area contributed by atoms with Gasteiger partial charge in [0, 0.05) is 43.5 Å². The third-order valence-electron chi connectivity index (χ3n) is 5.37. The minimum atomic E-state index is -0.509. The summed E-state index contributed by atoms with van der Waals surface area (Å²) in [5.41, 5.74) is 2.36. The van der Waals surface area contributed by atoms with Gasteiger partial charge in [-0.1, -0.05) is 13.8 Å². The molecule has 2 amide bonds. The summed E-state index contributed by atoms with van der Waals surface area (Å²) in [6.45, 7) is 6.39. The minimum Gasteiger partial charge on any atom is -0.494 e. The number of urea groups is 1. The number of likely N-dealkylation sites (tertiary alicyclic amines) is 1. The first kappa shape index (κ1) is 20.1. The van der Waals surface area contributed by atoms with Crippen LogP contribution in [-0.2, 0) is 6.54 Å². The number of carbonyl (C=O) groups excluding carboxylic acids is 1. The second-order valence-corrected chi connectivity index (χ2v) is 8.05. The molecule has 4 rings (SSSR count). The summed E-state index contributed by atoms with van der Waals surface area (Å²) in [5, 5.41) is 2.78. The maximum atomic E-state index is 13.9. The highest BCUT2D eigenvalue weighted by molar-refractivity contribution is 5.89. The van der Waals surface area contributed by atoms with Gasteiger partial charge in [-0.2, -0.15) is 0 Å². The summed E-state index contributed by atoms with van der Waals surface area (Å²) in [5.74, 6) is 1.25. The van der Waals surface area contributed by atoms with Crippen molar-refractivity contribution in [3.63, 3.8) is 0 Å². The third kappa shape index (κ3) is 3.94. The fraction of sp³-hybridized carbons (Fsp3) is 0.409. The van der Waals surface area contributed by atoms with Crippen LogP contribution in [0.3, 0.4) is 0 Å². The second kappa shape index (κ2) is 8.30. The van der Waals surface area contributed by atoms with Gasteiger partial charge in [-0.15, -0.1) is 0 Å². The van der Waals surface area contributed by atoms with Crippen LogP contribution in [0.2, 0.25) is 0 Å². The molecule has 1 aromatic carbocycles. The van der Waals surface area contributed by atoms with Gasteiger partial charge in [0.2, 0.25) is 0 Å². The number of nitrogens with zero attached hydrogens (tertiary/aromatic N) is 4. The van der Waals surface area contributed by atoms with Gasteiger partial charge < -0.3 is 19.5 Å². The maximum Gasteiger partial charge on any atom is 0.321 e. The molecule has 3 aromatic rings. The number of pyridine rings is 1. The first-order valence-corrected chi connectivity index (χ1v) is 10.2. The number of aromatic nitrogens is 3. The summed E-state index contributed by atoms with van der Waals surface area (Å²) in [4.78, 5) is 23.6. The number of anilines is 1. The average molecular weight is 411 g/mol. The van der Waals surface area contributed by atoms with Crippen LogP contribution in [0.4, 0.5) is 14.9 Å². The molecule has 1 aliphatic heterocycles. The van der Waals surface area contributed by atoms with Crippen molar-refractivity contribution >= 4 is 22.8 Å². The van der Waals surface area contributed by atoms with Gasteiger partial charge >= 0.3 is 6.03 Å². The molecule has 3 heterocycles. The lowest BCUT2D eigenvalue weighted by Gasteiger charge is -2.19. The van der Waals surface area contributed by atoms with Crippen molar-refractivity contribution in [2.24, 2.45) is 5.92 Å². The average Bonchev–Trinajstić information content (AvgIpc) is 3.33. The van der Waals surface area contributed by atoms with Crippen LogP contribution in [0.5, 0.6) is 5.75 Å². The lowest BCUT2D eigenvalue weighted by Crippen LogP contribution is -2.33. The SMILES string of the molecule is COc1ccc(NC(=O)N2CCC(c3nc4ccncc4n3CC(C)C)C2)cc1F. The summed E-state index contributed by atoms with van der Waals surface area (Å²) >= 11 is 0. The number of ether oxygens (including phenoxy) is 1. The monoisotopic (exact) mass is 411 g/mol. The molecule has 158 valence electrons. The number of benzene rings is 1. The van der Waals surface area contributed by atoms with Crippen molar-refractivity contribution in [1.29, 1.82) is 0 Å². The van der Waals surface area contributed by atoms with Crippen LogP contribution in [0.25, 0.3) is 11.0 Å². The molecule has 30 heavy (non-hydrogen) atoms. The van der Waals surface area contributed by atoms with Crippen LogP contribution in [0, 0.1) is 11.7 Å². The second-order valence-electron chi connectivity index (χ2n) is 8.05. The number of rotatable bonds is 5. The Morgan fingerprint density at radius 2 is 2.20 bits per heavy atom. The van der Waals surface area contributed by atoms with E-state index in [0.29, 0.717) is 24.7 Å². The summed E-state index contributed by atoms with van der Waals surface area (Å²) in [7, 11) is 1.41. The Kier molecular flexibility index (Phi) is 5.57. The molecule has 1 aliphatic rings. The first-order chi connectivity index (χ1) is 14.5. The third-order valence-corrected chi connectivity index (χ3v) is 5.37. The normalized spacial score (nSPS) is 16.4. The number of amides is 2. The molecule has 0 aliphatic carbocycles. The van der Waals surface area contributed by atoms with Gasteiger partial charge in [0.25, 0.3) is 0 Å². The Morgan fingerprint density at radius 1 is 1.37 bits per heavy atom.